The van der Waals surface area contributed by atoms with Crippen LogP contribution in [0.1, 0.15) is 19.8 Å². The molecule has 136 valence electrons. The van der Waals surface area contributed by atoms with E-state index in [0.29, 0.717) is 36.4 Å². The van der Waals surface area contributed by atoms with E-state index in [-0.39, 0.29) is 18.2 Å². The summed E-state index contributed by atoms with van der Waals surface area (Å²) < 4.78 is 10.3. The van der Waals surface area contributed by atoms with Crippen LogP contribution < -0.4 is 15.4 Å². The molecule has 1 aromatic carbocycles. The highest BCUT2D eigenvalue weighted by atomic mass is 32.2. The summed E-state index contributed by atoms with van der Waals surface area (Å²) in [5.41, 5.74) is 0.666. The first-order valence-corrected chi connectivity index (χ1v) is 9.04. The van der Waals surface area contributed by atoms with Gasteiger partial charge in [0.05, 0.1) is 7.11 Å². The number of hydrogen-bond donors (Lipinski definition) is 2. The number of rotatable bonds is 9. The van der Waals surface area contributed by atoms with Crippen molar-refractivity contribution in [2.45, 2.75) is 25.0 Å². The molecule has 0 aliphatic carbocycles. The van der Waals surface area contributed by atoms with Crippen molar-refractivity contribution in [2.24, 2.45) is 4.99 Å². The van der Waals surface area contributed by atoms with Crippen molar-refractivity contribution < 1.29 is 19.1 Å². The zero-order valence-electron chi connectivity index (χ0n) is 14.4. The molecule has 0 aromatic heterocycles. The molecule has 1 aliphatic heterocycles. The zero-order valence-corrected chi connectivity index (χ0v) is 15.2. The summed E-state index contributed by atoms with van der Waals surface area (Å²) in [4.78, 5) is 28.4. The second-order valence-corrected chi connectivity index (χ2v) is 6.51. The average molecular weight is 365 g/mol. The van der Waals surface area contributed by atoms with Crippen LogP contribution in [0.25, 0.3) is 0 Å². The highest BCUT2D eigenvalue weighted by Gasteiger charge is 2.31. The molecule has 8 heteroatoms. The van der Waals surface area contributed by atoms with E-state index in [2.05, 4.69) is 15.6 Å². The molecule has 7 nitrogen and oxygen atoms in total. The molecule has 1 fully saturated rings. The summed E-state index contributed by atoms with van der Waals surface area (Å²) in [6, 6.07) is 7.03. The summed E-state index contributed by atoms with van der Waals surface area (Å²) in [7, 11) is 1.58. The predicted octanol–water partition coefficient (Wildman–Crippen LogP) is 2.04. The third-order valence-corrected chi connectivity index (χ3v) is 4.55. The highest BCUT2D eigenvalue weighted by Crippen LogP contribution is 2.23. The number of nitrogens with zero attached hydrogens (tertiary/aromatic N) is 1. The average Bonchev–Trinajstić information content (AvgIpc) is 2.95. The van der Waals surface area contributed by atoms with Crippen molar-refractivity contribution in [3.63, 3.8) is 0 Å². The Morgan fingerprint density at radius 1 is 1.36 bits per heavy atom. The molecule has 25 heavy (non-hydrogen) atoms. The van der Waals surface area contributed by atoms with E-state index in [9.17, 15) is 9.59 Å². The van der Waals surface area contributed by atoms with Crippen LogP contribution in [-0.2, 0) is 14.3 Å². The molecular formula is C17H23N3O4S. The molecule has 1 aliphatic rings. The molecule has 1 heterocycles. The molecule has 0 bridgehead atoms. The van der Waals surface area contributed by atoms with Crippen molar-refractivity contribution in [1.82, 2.24) is 5.32 Å². The van der Waals surface area contributed by atoms with Crippen molar-refractivity contribution >= 4 is 34.4 Å². The molecule has 0 saturated carbocycles. The van der Waals surface area contributed by atoms with Crippen LogP contribution in [0.5, 0.6) is 5.75 Å². The number of nitrogens with one attached hydrogen (secondary N) is 2. The van der Waals surface area contributed by atoms with Gasteiger partial charge < -0.3 is 20.1 Å². The Morgan fingerprint density at radius 3 is 2.80 bits per heavy atom. The van der Waals surface area contributed by atoms with Crippen LogP contribution in [0, 0.1) is 0 Å². The molecule has 0 unspecified atom stereocenters. The van der Waals surface area contributed by atoms with Crippen molar-refractivity contribution in [1.29, 1.82) is 0 Å². The molecule has 2 rings (SSSR count). The number of carbonyl (C=O) groups excluding carboxylic acids is 2. The van der Waals surface area contributed by atoms with Crippen LogP contribution in [0.2, 0.25) is 0 Å². The molecule has 0 radical (unpaired) electrons. The lowest BCUT2D eigenvalue weighted by atomic mass is 10.2. The van der Waals surface area contributed by atoms with Gasteiger partial charge in [-0.15, -0.1) is 0 Å². The maximum Gasteiger partial charge on any atom is 0.240 e. The maximum atomic E-state index is 12.1. The third-order valence-electron chi connectivity index (χ3n) is 3.43. The molecule has 0 spiro atoms. The normalized spacial score (nSPS) is 18.2. The Hall–Kier alpha value is -2.06. The number of amides is 2. The van der Waals surface area contributed by atoms with Crippen molar-refractivity contribution in [2.75, 3.05) is 32.2 Å². The van der Waals surface area contributed by atoms with Crippen LogP contribution in [-0.4, -0.2) is 49.1 Å². The standard InChI is InChI=1S/C17H23N3O4S/c1-3-24-10-4-9-18-17-20-16(22)14(25-17)11-15(21)19-12-5-7-13(23-2)8-6-12/h5-8,14H,3-4,9-11H2,1-2H3,(H,19,21)(H,18,20,22)/t14-/m0/s1. The van der Waals surface area contributed by atoms with Gasteiger partial charge in [0.1, 0.15) is 11.0 Å². The minimum absolute atomic E-state index is 0.0977. The fraction of sp³-hybridized carbons (Fsp3) is 0.471. The van der Waals surface area contributed by atoms with Crippen molar-refractivity contribution in [3.8, 4) is 5.75 Å². The van der Waals surface area contributed by atoms with Gasteiger partial charge in [0.2, 0.25) is 11.8 Å². The lowest BCUT2D eigenvalue weighted by Gasteiger charge is -2.08. The number of carbonyl (C=O) groups is 2. The van der Waals surface area contributed by atoms with Gasteiger partial charge in [-0.05, 0) is 37.6 Å². The Labute approximate surface area is 151 Å². The largest absolute Gasteiger partial charge is 0.497 e. The lowest BCUT2D eigenvalue weighted by Crippen LogP contribution is -2.28. The molecule has 1 aromatic rings. The molecule has 2 amide bonds. The molecular weight excluding hydrogens is 342 g/mol. The fourth-order valence-electron chi connectivity index (χ4n) is 2.16. The lowest BCUT2D eigenvalue weighted by molar-refractivity contribution is -0.122. The van der Waals surface area contributed by atoms with Gasteiger partial charge in [-0.25, -0.2) is 0 Å². The predicted molar refractivity (Wildman–Crippen MR) is 99.2 cm³/mol. The quantitative estimate of drug-likeness (QED) is 0.654. The Bertz CT molecular complexity index is 619. The second-order valence-electron chi connectivity index (χ2n) is 5.31. The number of amidine groups is 1. The van der Waals surface area contributed by atoms with E-state index in [0.717, 1.165) is 6.42 Å². The number of ether oxygens (including phenoxy) is 2. The van der Waals surface area contributed by atoms with Crippen LogP contribution in [0.3, 0.4) is 0 Å². The number of anilines is 1. The van der Waals surface area contributed by atoms with Crippen molar-refractivity contribution in [3.05, 3.63) is 24.3 Å². The summed E-state index contributed by atoms with van der Waals surface area (Å²) in [6.07, 6.45) is 0.900. The Kier molecular flexibility index (Phi) is 7.75. The molecule has 1 saturated heterocycles. The topological polar surface area (TPSA) is 89.0 Å². The van der Waals surface area contributed by atoms with Gasteiger partial charge in [-0.2, -0.15) is 0 Å². The van der Waals surface area contributed by atoms with Gasteiger partial charge >= 0.3 is 0 Å². The summed E-state index contributed by atoms with van der Waals surface area (Å²) in [5, 5.41) is 5.61. The number of aliphatic imine (C=N–C) groups is 1. The minimum Gasteiger partial charge on any atom is -0.497 e. The summed E-state index contributed by atoms with van der Waals surface area (Å²) in [6.45, 7) is 3.88. The van der Waals surface area contributed by atoms with E-state index in [1.54, 1.807) is 31.4 Å². The first-order chi connectivity index (χ1) is 12.1. The van der Waals surface area contributed by atoms with E-state index in [4.69, 9.17) is 9.47 Å². The molecule has 2 N–H and O–H groups in total. The van der Waals surface area contributed by atoms with Crippen LogP contribution in [0.4, 0.5) is 5.69 Å². The minimum atomic E-state index is -0.455. The number of thioether (sulfide) groups is 1. The number of benzene rings is 1. The van der Waals surface area contributed by atoms with E-state index in [1.807, 2.05) is 6.92 Å². The highest BCUT2D eigenvalue weighted by molar-refractivity contribution is 8.15. The third kappa shape index (κ3) is 6.39. The van der Waals surface area contributed by atoms with E-state index in [1.165, 1.54) is 11.8 Å². The zero-order chi connectivity index (χ0) is 18.1. The first kappa shape index (κ1) is 19.3. The van der Waals surface area contributed by atoms with Gasteiger partial charge in [0, 0.05) is 31.9 Å². The van der Waals surface area contributed by atoms with E-state index >= 15 is 0 Å². The summed E-state index contributed by atoms with van der Waals surface area (Å²) >= 11 is 1.30. The first-order valence-electron chi connectivity index (χ1n) is 8.16. The Balaban J connectivity index is 1.78. The monoisotopic (exact) mass is 365 g/mol. The maximum absolute atomic E-state index is 12.1. The number of hydrogen-bond acceptors (Lipinski definition) is 6. The summed E-state index contributed by atoms with van der Waals surface area (Å²) in [5.74, 6) is 0.322. The van der Waals surface area contributed by atoms with Gasteiger partial charge in [0.25, 0.3) is 0 Å². The SMILES string of the molecule is CCOCCCN=C1NC(=O)[C@H](CC(=O)Nc2ccc(OC)cc2)S1. The smallest absolute Gasteiger partial charge is 0.240 e. The van der Waals surface area contributed by atoms with Gasteiger partial charge in [0.15, 0.2) is 5.17 Å². The van der Waals surface area contributed by atoms with Gasteiger partial charge in [-0.1, -0.05) is 11.8 Å². The van der Waals surface area contributed by atoms with Crippen LogP contribution in [0.15, 0.2) is 29.3 Å². The Morgan fingerprint density at radius 2 is 2.12 bits per heavy atom. The molecule has 1 atom stereocenters. The van der Waals surface area contributed by atoms with E-state index < -0.39 is 5.25 Å². The number of methoxy groups -OCH3 is 1. The second kappa shape index (κ2) is 10.0. The fourth-order valence-corrected chi connectivity index (χ4v) is 3.16. The van der Waals surface area contributed by atoms with Crippen LogP contribution >= 0.6 is 11.8 Å². The van der Waals surface area contributed by atoms with Gasteiger partial charge in [-0.3, -0.25) is 14.6 Å².